The normalized spacial score (nSPS) is 16.0. The number of aromatic hydroxyl groups is 7. The monoisotopic (exact) mass is 718 g/mol. The molecule has 16 heteroatoms. The Bertz CT molecular complexity index is 2090. The molecule has 0 amide bonds. The highest BCUT2D eigenvalue weighted by molar-refractivity contribution is 5.92. The van der Waals surface area contributed by atoms with Gasteiger partial charge in [-0.05, 0) is 70.8 Å². The molecule has 5 rings (SSSR count). The molecule has 0 fully saturated rings. The third-order valence-corrected chi connectivity index (χ3v) is 8.04. The van der Waals surface area contributed by atoms with E-state index in [-0.39, 0.29) is 40.0 Å². The van der Waals surface area contributed by atoms with Crippen LogP contribution < -0.4 is 4.74 Å². The molecule has 270 valence electrons. The Labute approximate surface area is 292 Å². The molecule has 0 bridgehead atoms. The van der Waals surface area contributed by atoms with E-state index >= 15 is 0 Å². The van der Waals surface area contributed by atoms with E-state index in [1.54, 1.807) is 0 Å². The highest BCUT2D eigenvalue weighted by Gasteiger charge is 2.46. The number of carbonyl (C=O) groups is 4. The third-order valence-electron chi connectivity index (χ3n) is 8.04. The van der Waals surface area contributed by atoms with Crippen molar-refractivity contribution in [3.8, 4) is 46.0 Å². The van der Waals surface area contributed by atoms with Gasteiger partial charge in [0.2, 0.25) is 12.2 Å². The molecule has 9 N–H and O–H groups in total. The number of hydrogen-bond donors (Lipinski definition) is 9. The van der Waals surface area contributed by atoms with Gasteiger partial charge in [-0.1, -0.05) is 24.3 Å². The molecular weight excluding hydrogens is 688 g/mol. The lowest BCUT2D eigenvalue weighted by atomic mass is 9.87. The highest BCUT2D eigenvalue weighted by atomic mass is 16.6. The van der Waals surface area contributed by atoms with E-state index in [1.165, 1.54) is 24.3 Å². The first-order valence-electron chi connectivity index (χ1n) is 15.2. The van der Waals surface area contributed by atoms with Gasteiger partial charge in [0, 0.05) is 24.5 Å². The molecule has 4 aromatic rings. The fraction of sp³-hybridized carbons (Fsp3) is 0.167. The molecule has 1 aliphatic rings. The van der Waals surface area contributed by atoms with Gasteiger partial charge in [0.1, 0.15) is 12.0 Å². The van der Waals surface area contributed by atoms with E-state index in [2.05, 4.69) is 0 Å². The summed E-state index contributed by atoms with van der Waals surface area (Å²) in [6, 6.07) is 13.0. The van der Waals surface area contributed by atoms with Crippen molar-refractivity contribution in [3.63, 3.8) is 0 Å². The Morgan fingerprint density at radius 1 is 0.635 bits per heavy atom. The second-order valence-electron chi connectivity index (χ2n) is 11.6. The molecule has 0 aromatic heterocycles. The second-order valence-corrected chi connectivity index (χ2v) is 11.6. The van der Waals surface area contributed by atoms with E-state index < -0.39 is 94.8 Å². The first-order valence-corrected chi connectivity index (χ1v) is 15.2. The number of carboxylic acid groups (broad SMARTS) is 2. The summed E-state index contributed by atoms with van der Waals surface area (Å²) in [4.78, 5) is 50.9. The third kappa shape index (κ3) is 7.86. The Morgan fingerprint density at radius 2 is 1.13 bits per heavy atom. The number of fused-ring (bicyclic) bond motifs is 1. The average Bonchev–Trinajstić information content (AvgIpc) is 3.50. The molecule has 16 nitrogen and oxygen atoms in total. The van der Waals surface area contributed by atoms with Crippen LogP contribution in [0, 0.1) is 0 Å². The Kier molecular flexibility index (Phi) is 10.3. The molecule has 1 aliphatic heterocycles. The predicted octanol–water partition coefficient (Wildman–Crippen LogP) is 3.33. The molecule has 0 spiro atoms. The van der Waals surface area contributed by atoms with Crippen molar-refractivity contribution in [1.29, 1.82) is 0 Å². The molecule has 52 heavy (non-hydrogen) atoms. The molecule has 0 saturated carbocycles. The van der Waals surface area contributed by atoms with E-state index in [0.717, 1.165) is 54.6 Å². The van der Waals surface area contributed by atoms with Crippen molar-refractivity contribution in [2.45, 2.75) is 37.1 Å². The topological polar surface area (TPSA) is 278 Å². The molecule has 4 aromatic carbocycles. The second kappa shape index (κ2) is 14.8. The SMILES string of the molecule is O=C(/C=C/c1ccc(O)c2c1[C@H](C(=O)O[C@@H](Cc1ccc(O)c(O)c1)C(=O)O)[C@H](c1ccc(O)c(O)c1)O2)O[C@@H](Cc1ccc(O)c(O)c1)C(=O)O. The van der Waals surface area contributed by atoms with E-state index in [9.17, 15) is 65.1 Å². The van der Waals surface area contributed by atoms with Gasteiger partial charge in [0.25, 0.3) is 0 Å². The van der Waals surface area contributed by atoms with Gasteiger partial charge in [-0.2, -0.15) is 0 Å². The molecule has 0 radical (unpaired) electrons. The van der Waals surface area contributed by atoms with E-state index in [1.807, 2.05) is 0 Å². The summed E-state index contributed by atoms with van der Waals surface area (Å²) in [7, 11) is 0. The van der Waals surface area contributed by atoms with Crippen LogP contribution in [0.2, 0.25) is 0 Å². The number of carbonyl (C=O) groups excluding carboxylic acids is 2. The molecular formula is C36H30O16. The average molecular weight is 719 g/mol. The molecule has 0 aliphatic carbocycles. The smallest absolute Gasteiger partial charge is 0.345 e. The van der Waals surface area contributed by atoms with Gasteiger partial charge in [-0.15, -0.1) is 0 Å². The van der Waals surface area contributed by atoms with Crippen LogP contribution in [0.25, 0.3) is 6.08 Å². The summed E-state index contributed by atoms with van der Waals surface area (Å²) in [5.74, 6) is -10.8. The lowest BCUT2D eigenvalue weighted by Crippen LogP contribution is -2.33. The number of esters is 2. The fourth-order valence-electron chi connectivity index (χ4n) is 5.49. The number of carboxylic acids is 2. The van der Waals surface area contributed by atoms with Gasteiger partial charge >= 0.3 is 23.9 Å². The van der Waals surface area contributed by atoms with Gasteiger partial charge in [0.05, 0.1) is 0 Å². The molecule has 4 atom stereocenters. The zero-order valence-electron chi connectivity index (χ0n) is 26.6. The number of aliphatic carboxylic acids is 2. The van der Waals surface area contributed by atoms with Crippen molar-refractivity contribution in [2.75, 3.05) is 0 Å². The van der Waals surface area contributed by atoms with Crippen molar-refractivity contribution in [2.24, 2.45) is 0 Å². The summed E-state index contributed by atoms with van der Waals surface area (Å²) < 4.78 is 16.5. The standard InChI is InChI=1S/C36H30O16/c37-20-6-1-16(11-24(20)41)13-27(34(45)46)50-29(44)10-5-18-3-9-23(40)33-30(18)31(32(52-33)19-4-8-22(39)26(43)15-19)36(49)51-28(35(47)48)14-17-2-7-21(38)25(42)12-17/h1-12,15,27-28,31-32,37-43H,13-14H2,(H,45,46)(H,47,48)/b10-5+/t27-,28-,31-,32-/m0/s1. The number of ether oxygens (including phenoxy) is 3. The maximum absolute atomic E-state index is 13.9. The van der Waals surface area contributed by atoms with Crippen LogP contribution in [0.5, 0.6) is 46.0 Å². The van der Waals surface area contributed by atoms with Gasteiger partial charge in [0.15, 0.2) is 46.0 Å². The Morgan fingerprint density at radius 3 is 1.65 bits per heavy atom. The number of phenolic OH excluding ortho intramolecular Hbond substituents is 7. The maximum Gasteiger partial charge on any atom is 0.345 e. The Hall–Kier alpha value is -7.10. The molecule has 0 saturated heterocycles. The molecule has 0 unspecified atom stereocenters. The largest absolute Gasteiger partial charge is 0.504 e. The number of hydrogen-bond acceptors (Lipinski definition) is 14. The summed E-state index contributed by atoms with van der Waals surface area (Å²) in [6.45, 7) is 0. The summed E-state index contributed by atoms with van der Waals surface area (Å²) >= 11 is 0. The van der Waals surface area contributed by atoms with Gasteiger partial charge in [-0.25, -0.2) is 14.4 Å². The van der Waals surface area contributed by atoms with Crippen LogP contribution in [-0.4, -0.2) is 82.0 Å². The highest BCUT2D eigenvalue weighted by Crippen LogP contribution is 2.53. The van der Waals surface area contributed by atoms with Crippen LogP contribution in [0.3, 0.4) is 0 Å². The molecule has 1 heterocycles. The van der Waals surface area contributed by atoms with Crippen LogP contribution in [0.1, 0.15) is 39.8 Å². The first kappa shape index (κ1) is 36.2. The zero-order chi connectivity index (χ0) is 37.9. The number of phenols is 7. The van der Waals surface area contributed by atoms with Gasteiger partial charge in [-0.3, -0.25) is 4.79 Å². The summed E-state index contributed by atoms with van der Waals surface area (Å²) in [5.41, 5.74) is 0.445. The number of rotatable bonds is 12. The fourth-order valence-corrected chi connectivity index (χ4v) is 5.49. The van der Waals surface area contributed by atoms with Crippen LogP contribution >= 0.6 is 0 Å². The van der Waals surface area contributed by atoms with Crippen molar-refractivity contribution in [3.05, 3.63) is 101 Å². The quantitative estimate of drug-likeness (QED) is 0.0577. The Balaban J connectivity index is 1.47. The number of benzene rings is 4. The van der Waals surface area contributed by atoms with E-state index in [0.29, 0.717) is 0 Å². The van der Waals surface area contributed by atoms with Crippen LogP contribution in [0.15, 0.2) is 72.8 Å². The maximum atomic E-state index is 13.9. The van der Waals surface area contributed by atoms with Crippen molar-refractivity contribution in [1.82, 2.24) is 0 Å². The lowest BCUT2D eigenvalue weighted by molar-refractivity contribution is -0.166. The summed E-state index contributed by atoms with van der Waals surface area (Å²) in [6.07, 6.45) is -3.85. The van der Waals surface area contributed by atoms with Crippen molar-refractivity contribution < 1.29 is 79.3 Å². The minimum atomic E-state index is -1.84. The summed E-state index contributed by atoms with van der Waals surface area (Å²) in [5, 5.41) is 89.1. The zero-order valence-corrected chi connectivity index (χ0v) is 26.6. The van der Waals surface area contributed by atoms with Crippen LogP contribution in [-0.2, 0) is 41.5 Å². The van der Waals surface area contributed by atoms with Crippen LogP contribution in [0.4, 0.5) is 0 Å². The minimum Gasteiger partial charge on any atom is -0.504 e. The van der Waals surface area contributed by atoms with Crippen molar-refractivity contribution >= 4 is 30.0 Å². The lowest BCUT2D eigenvalue weighted by Gasteiger charge is -2.22. The minimum absolute atomic E-state index is 0.0443. The van der Waals surface area contributed by atoms with Gasteiger partial charge < -0.3 is 60.2 Å². The first-order chi connectivity index (χ1) is 24.6. The predicted molar refractivity (Wildman–Crippen MR) is 175 cm³/mol. The van der Waals surface area contributed by atoms with E-state index in [4.69, 9.17) is 14.2 Å².